The van der Waals surface area contributed by atoms with E-state index in [-0.39, 0.29) is 16.8 Å². The minimum Gasteiger partial charge on any atom is -0.507 e. The number of phenols is 1. The lowest BCUT2D eigenvalue weighted by atomic mass is 10.2. The first-order valence-electron chi connectivity index (χ1n) is 6.61. The number of nitrogens with zero attached hydrogens (tertiary/aromatic N) is 1. The Hall–Kier alpha value is -2.28. The van der Waals surface area contributed by atoms with Crippen molar-refractivity contribution in [2.45, 2.75) is 20.0 Å². The average Bonchev–Trinajstić information content (AvgIpc) is 2.68. The van der Waals surface area contributed by atoms with Gasteiger partial charge in [-0.05, 0) is 37.8 Å². The Morgan fingerprint density at radius 2 is 2.05 bits per heavy atom. The largest absolute Gasteiger partial charge is 0.507 e. The molecule has 0 spiro atoms. The van der Waals surface area contributed by atoms with Crippen LogP contribution in [0.4, 0.5) is 4.79 Å². The molecule has 1 aliphatic rings. The van der Waals surface area contributed by atoms with Crippen molar-refractivity contribution < 1.29 is 24.2 Å². The summed E-state index contributed by atoms with van der Waals surface area (Å²) in [5.74, 6) is -1.20. The number of hydrogen-bond acceptors (Lipinski definition) is 6. The molecule has 0 atom stereocenters. The van der Waals surface area contributed by atoms with Crippen LogP contribution in [0.3, 0.4) is 0 Å². The minimum absolute atomic E-state index is 0.00789. The number of ether oxygens (including phenoxy) is 1. The molecule has 0 aromatic heterocycles. The molecule has 0 aliphatic carbocycles. The number of hydrogen-bond donors (Lipinski definition) is 1. The van der Waals surface area contributed by atoms with Gasteiger partial charge in [-0.25, -0.2) is 0 Å². The van der Waals surface area contributed by atoms with Crippen LogP contribution in [-0.2, 0) is 14.3 Å². The number of carbonyl (C=O) groups is 3. The van der Waals surface area contributed by atoms with Crippen LogP contribution in [0.2, 0.25) is 0 Å². The molecule has 1 aromatic carbocycles. The highest BCUT2D eigenvalue weighted by Gasteiger charge is 2.36. The van der Waals surface area contributed by atoms with Crippen LogP contribution in [0.25, 0.3) is 6.08 Å². The van der Waals surface area contributed by atoms with E-state index in [1.54, 1.807) is 32.0 Å². The molecule has 22 heavy (non-hydrogen) atoms. The van der Waals surface area contributed by atoms with Gasteiger partial charge in [-0.1, -0.05) is 18.2 Å². The minimum atomic E-state index is -0.638. The second-order valence-corrected chi connectivity index (χ2v) is 5.86. The molecular weight excluding hydrogens is 306 g/mol. The van der Waals surface area contributed by atoms with Gasteiger partial charge >= 0.3 is 5.97 Å². The summed E-state index contributed by atoms with van der Waals surface area (Å²) < 4.78 is 4.93. The molecule has 116 valence electrons. The van der Waals surface area contributed by atoms with Gasteiger partial charge in [-0.3, -0.25) is 19.3 Å². The first-order chi connectivity index (χ1) is 10.4. The number of para-hydroxylation sites is 1. The first-order valence-corrected chi connectivity index (χ1v) is 7.43. The summed E-state index contributed by atoms with van der Waals surface area (Å²) >= 11 is 0.726. The third-order valence-electron chi connectivity index (χ3n) is 2.75. The van der Waals surface area contributed by atoms with Crippen molar-refractivity contribution in [2.24, 2.45) is 0 Å². The molecule has 0 saturated carbocycles. The summed E-state index contributed by atoms with van der Waals surface area (Å²) in [6.45, 7) is 2.95. The van der Waals surface area contributed by atoms with Crippen LogP contribution < -0.4 is 0 Å². The van der Waals surface area contributed by atoms with E-state index in [1.807, 2.05) is 0 Å². The van der Waals surface area contributed by atoms with Crippen LogP contribution in [0.1, 0.15) is 19.4 Å². The van der Waals surface area contributed by atoms with Crippen molar-refractivity contribution in [3.05, 3.63) is 34.7 Å². The van der Waals surface area contributed by atoms with Crippen molar-refractivity contribution in [3.63, 3.8) is 0 Å². The second-order valence-electron chi connectivity index (χ2n) is 4.87. The molecule has 2 rings (SSSR count). The molecule has 0 bridgehead atoms. The van der Waals surface area contributed by atoms with Crippen molar-refractivity contribution in [2.75, 3.05) is 6.54 Å². The molecule has 0 radical (unpaired) electrons. The maximum atomic E-state index is 12.2. The number of benzene rings is 1. The highest BCUT2D eigenvalue weighted by atomic mass is 32.2. The van der Waals surface area contributed by atoms with E-state index in [9.17, 15) is 19.5 Å². The van der Waals surface area contributed by atoms with E-state index < -0.39 is 23.7 Å². The first kappa shape index (κ1) is 16.1. The van der Waals surface area contributed by atoms with Gasteiger partial charge in [0.05, 0.1) is 11.0 Å². The third-order valence-corrected chi connectivity index (χ3v) is 3.66. The number of aromatic hydroxyl groups is 1. The maximum absolute atomic E-state index is 12.2. The normalized spacial score (nSPS) is 16.7. The van der Waals surface area contributed by atoms with Crippen LogP contribution in [-0.4, -0.2) is 39.8 Å². The van der Waals surface area contributed by atoms with Crippen LogP contribution in [0.15, 0.2) is 29.2 Å². The zero-order chi connectivity index (χ0) is 16.3. The topological polar surface area (TPSA) is 83.9 Å². The predicted molar refractivity (Wildman–Crippen MR) is 82.0 cm³/mol. The summed E-state index contributed by atoms with van der Waals surface area (Å²) in [5.41, 5.74) is 0.428. The van der Waals surface area contributed by atoms with Gasteiger partial charge < -0.3 is 9.84 Å². The standard InChI is InChI=1S/C15H15NO5S/c1-9(2)21-13(18)8-16-14(19)12(22-15(16)20)7-10-5-3-4-6-11(10)17/h3-7,9,17H,8H2,1-2H3/b12-7-. The fraction of sp³-hybridized carbons (Fsp3) is 0.267. The monoisotopic (exact) mass is 321 g/mol. The quantitative estimate of drug-likeness (QED) is 0.677. The smallest absolute Gasteiger partial charge is 0.326 e. The molecule has 7 heteroatoms. The van der Waals surface area contributed by atoms with Crippen molar-refractivity contribution in [1.82, 2.24) is 4.90 Å². The summed E-state index contributed by atoms with van der Waals surface area (Å²) in [6.07, 6.45) is 1.11. The Balaban J connectivity index is 2.15. The summed E-state index contributed by atoms with van der Waals surface area (Å²) in [7, 11) is 0. The number of phenolic OH excluding ortho intramolecular Hbond substituents is 1. The Kier molecular flexibility index (Phi) is 4.87. The highest BCUT2D eigenvalue weighted by Crippen LogP contribution is 2.33. The zero-order valence-corrected chi connectivity index (χ0v) is 12.9. The van der Waals surface area contributed by atoms with Crippen LogP contribution >= 0.6 is 11.8 Å². The predicted octanol–water partition coefficient (Wildman–Crippen LogP) is 2.38. The van der Waals surface area contributed by atoms with E-state index >= 15 is 0 Å². The van der Waals surface area contributed by atoms with E-state index in [1.165, 1.54) is 12.1 Å². The van der Waals surface area contributed by atoms with E-state index in [4.69, 9.17) is 4.74 Å². The van der Waals surface area contributed by atoms with Gasteiger partial charge in [-0.15, -0.1) is 0 Å². The van der Waals surface area contributed by atoms with Gasteiger partial charge in [-0.2, -0.15) is 0 Å². The third kappa shape index (κ3) is 3.67. The maximum Gasteiger partial charge on any atom is 0.326 e. The van der Waals surface area contributed by atoms with Gasteiger partial charge in [0.2, 0.25) is 0 Å². The van der Waals surface area contributed by atoms with E-state index in [2.05, 4.69) is 0 Å². The summed E-state index contributed by atoms with van der Waals surface area (Å²) in [5, 5.41) is 9.16. The number of thioether (sulfide) groups is 1. The SMILES string of the molecule is CC(C)OC(=O)CN1C(=O)S/C(=C\c2ccccc2O)C1=O. The van der Waals surface area contributed by atoms with Gasteiger partial charge in [0.25, 0.3) is 11.1 Å². The summed E-state index contributed by atoms with van der Waals surface area (Å²) in [4.78, 5) is 36.6. The Bertz CT molecular complexity index is 653. The molecule has 1 aliphatic heterocycles. The lowest BCUT2D eigenvalue weighted by molar-refractivity contribution is -0.149. The molecule has 0 unspecified atom stereocenters. The van der Waals surface area contributed by atoms with Gasteiger partial charge in [0.1, 0.15) is 12.3 Å². The number of esters is 1. The molecule has 2 amide bonds. The number of imide groups is 1. The Morgan fingerprint density at radius 1 is 1.36 bits per heavy atom. The van der Waals surface area contributed by atoms with E-state index in [0.29, 0.717) is 5.56 Å². The fourth-order valence-corrected chi connectivity index (χ4v) is 2.65. The van der Waals surface area contributed by atoms with Crippen LogP contribution in [0, 0.1) is 0 Å². The average molecular weight is 321 g/mol. The molecule has 6 nitrogen and oxygen atoms in total. The Morgan fingerprint density at radius 3 is 2.68 bits per heavy atom. The zero-order valence-electron chi connectivity index (χ0n) is 12.1. The lowest BCUT2D eigenvalue weighted by Crippen LogP contribution is -2.35. The van der Waals surface area contributed by atoms with E-state index in [0.717, 1.165) is 16.7 Å². The highest BCUT2D eigenvalue weighted by molar-refractivity contribution is 8.18. The molecular formula is C15H15NO5S. The second kappa shape index (κ2) is 6.65. The molecule has 1 saturated heterocycles. The van der Waals surface area contributed by atoms with Crippen molar-refractivity contribution in [3.8, 4) is 5.75 Å². The Labute approximate surface area is 131 Å². The number of carbonyl (C=O) groups excluding carboxylic acids is 3. The van der Waals surface area contributed by atoms with Crippen molar-refractivity contribution in [1.29, 1.82) is 0 Å². The molecule has 1 aromatic rings. The number of rotatable bonds is 4. The lowest BCUT2D eigenvalue weighted by Gasteiger charge is -2.13. The number of amides is 2. The fourth-order valence-electron chi connectivity index (χ4n) is 1.82. The van der Waals surface area contributed by atoms with Gasteiger partial charge in [0.15, 0.2) is 0 Å². The molecule has 1 N–H and O–H groups in total. The molecule has 1 fully saturated rings. The molecule has 1 heterocycles. The van der Waals surface area contributed by atoms with Crippen LogP contribution in [0.5, 0.6) is 5.75 Å². The van der Waals surface area contributed by atoms with Crippen molar-refractivity contribution >= 4 is 35.0 Å². The summed E-state index contributed by atoms with van der Waals surface area (Å²) in [6, 6.07) is 6.46. The van der Waals surface area contributed by atoms with Gasteiger partial charge in [0, 0.05) is 5.56 Å².